The van der Waals surface area contributed by atoms with Gasteiger partial charge < -0.3 is 4.74 Å². The second-order valence-electron chi connectivity index (χ2n) is 3.62. The monoisotopic (exact) mass is 316 g/mol. The lowest BCUT2D eigenvalue weighted by molar-refractivity contribution is 0.299. The Kier molecular flexibility index (Phi) is 3.91. The first-order valence-corrected chi connectivity index (χ1v) is 5.87. The van der Waals surface area contributed by atoms with Gasteiger partial charge in [-0.15, -0.1) is 0 Å². The Bertz CT molecular complexity index is 549. The molecule has 2 aromatic rings. The molecular weight excluding hydrogens is 309 g/mol. The quantitative estimate of drug-likeness (QED) is 0.760. The number of rotatable bonds is 3. The number of benzene rings is 2. The molecule has 94 valence electrons. The summed E-state index contributed by atoms with van der Waals surface area (Å²) in [6, 6.07) is 8.92. The van der Waals surface area contributed by atoms with Crippen molar-refractivity contribution >= 4 is 15.9 Å². The lowest BCUT2D eigenvalue weighted by Crippen LogP contribution is -1.98. The van der Waals surface area contributed by atoms with Crippen molar-refractivity contribution in [3.05, 3.63) is 63.9 Å². The van der Waals surface area contributed by atoms with Crippen LogP contribution < -0.4 is 4.74 Å². The van der Waals surface area contributed by atoms with Gasteiger partial charge >= 0.3 is 0 Å². The fourth-order valence-electron chi connectivity index (χ4n) is 1.41. The largest absolute Gasteiger partial charge is 0.489 e. The van der Waals surface area contributed by atoms with Crippen LogP contribution in [0, 0.1) is 17.5 Å². The molecule has 0 aliphatic heterocycles. The first-order valence-electron chi connectivity index (χ1n) is 5.08. The summed E-state index contributed by atoms with van der Waals surface area (Å²) in [5.41, 5.74) is 0.828. The third kappa shape index (κ3) is 3.04. The minimum Gasteiger partial charge on any atom is -0.489 e. The van der Waals surface area contributed by atoms with Crippen molar-refractivity contribution < 1.29 is 17.9 Å². The van der Waals surface area contributed by atoms with Crippen molar-refractivity contribution in [2.45, 2.75) is 6.61 Å². The van der Waals surface area contributed by atoms with E-state index < -0.39 is 17.5 Å². The Morgan fingerprint density at radius 3 is 2.28 bits per heavy atom. The molecule has 0 bridgehead atoms. The van der Waals surface area contributed by atoms with E-state index in [1.165, 1.54) is 0 Å². The van der Waals surface area contributed by atoms with Crippen LogP contribution in [0.4, 0.5) is 13.2 Å². The highest BCUT2D eigenvalue weighted by Crippen LogP contribution is 2.21. The molecule has 1 nitrogen and oxygen atoms in total. The topological polar surface area (TPSA) is 9.23 Å². The van der Waals surface area contributed by atoms with Gasteiger partial charge in [0.05, 0.1) is 0 Å². The van der Waals surface area contributed by atoms with E-state index in [9.17, 15) is 13.2 Å². The molecule has 0 aliphatic rings. The van der Waals surface area contributed by atoms with E-state index in [0.29, 0.717) is 0 Å². The van der Waals surface area contributed by atoms with Crippen molar-refractivity contribution in [1.29, 1.82) is 0 Å². The normalized spacial score (nSPS) is 10.4. The van der Waals surface area contributed by atoms with Crippen LogP contribution in [0.25, 0.3) is 0 Å². The van der Waals surface area contributed by atoms with Gasteiger partial charge in [0.15, 0.2) is 17.5 Å². The van der Waals surface area contributed by atoms with Crippen molar-refractivity contribution in [2.75, 3.05) is 0 Å². The number of hydrogen-bond acceptors (Lipinski definition) is 1. The highest BCUT2D eigenvalue weighted by atomic mass is 79.9. The highest BCUT2D eigenvalue weighted by Gasteiger charge is 2.11. The maximum Gasteiger partial charge on any atom is 0.194 e. The van der Waals surface area contributed by atoms with Crippen LogP contribution in [-0.2, 0) is 6.61 Å². The predicted molar refractivity (Wildman–Crippen MR) is 64.8 cm³/mol. The van der Waals surface area contributed by atoms with Gasteiger partial charge in [0.1, 0.15) is 12.4 Å². The third-order valence-electron chi connectivity index (χ3n) is 2.25. The van der Waals surface area contributed by atoms with Crippen molar-refractivity contribution in [3.8, 4) is 5.75 Å². The molecular formula is C13H8BrF3O. The van der Waals surface area contributed by atoms with Gasteiger partial charge in [0, 0.05) is 16.6 Å². The van der Waals surface area contributed by atoms with Crippen LogP contribution in [0.2, 0.25) is 0 Å². The molecule has 18 heavy (non-hydrogen) atoms. The van der Waals surface area contributed by atoms with Gasteiger partial charge in [-0.1, -0.05) is 28.1 Å². The van der Waals surface area contributed by atoms with E-state index in [4.69, 9.17) is 4.74 Å². The highest BCUT2D eigenvalue weighted by molar-refractivity contribution is 9.10. The molecule has 0 N–H and O–H groups in total. The molecule has 0 saturated carbocycles. The Hall–Kier alpha value is -1.49. The Morgan fingerprint density at radius 2 is 1.67 bits per heavy atom. The summed E-state index contributed by atoms with van der Waals surface area (Å²) in [5, 5.41) is 0. The van der Waals surface area contributed by atoms with Crippen LogP contribution in [-0.4, -0.2) is 0 Å². The summed E-state index contributed by atoms with van der Waals surface area (Å²) in [7, 11) is 0. The smallest absolute Gasteiger partial charge is 0.194 e. The van der Waals surface area contributed by atoms with Gasteiger partial charge in [0.25, 0.3) is 0 Å². The standard InChI is InChI=1S/C13H8BrF3O/c14-9-3-1-2-8(4-9)7-18-10-5-11(15)13(17)12(16)6-10/h1-6H,7H2. The molecule has 2 rings (SSSR count). The van der Waals surface area contributed by atoms with Gasteiger partial charge in [-0.2, -0.15) is 0 Å². The Labute approximate surface area is 110 Å². The minimum atomic E-state index is -1.50. The average Bonchev–Trinajstić information content (AvgIpc) is 2.33. The molecule has 0 heterocycles. The average molecular weight is 317 g/mol. The first-order chi connectivity index (χ1) is 8.56. The van der Waals surface area contributed by atoms with Crippen molar-refractivity contribution in [3.63, 3.8) is 0 Å². The van der Waals surface area contributed by atoms with Crippen LogP contribution >= 0.6 is 15.9 Å². The van der Waals surface area contributed by atoms with Crippen LogP contribution in [0.3, 0.4) is 0 Å². The fourth-order valence-corrected chi connectivity index (χ4v) is 1.86. The van der Waals surface area contributed by atoms with Crippen molar-refractivity contribution in [2.24, 2.45) is 0 Å². The zero-order chi connectivity index (χ0) is 13.1. The maximum absolute atomic E-state index is 12.9. The lowest BCUT2D eigenvalue weighted by atomic mass is 10.2. The van der Waals surface area contributed by atoms with Gasteiger partial charge in [-0.05, 0) is 17.7 Å². The summed E-state index contributed by atoms with van der Waals surface area (Å²) < 4.78 is 44.6. The van der Waals surface area contributed by atoms with Gasteiger partial charge in [0.2, 0.25) is 0 Å². The lowest BCUT2D eigenvalue weighted by Gasteiger charge is -2.07. The maximum atomic E-state index is 12.9. The minimum absolute atomic E-state index is 0.0497. The molecule has 5 heteroatoms. The second-order valence-corrected chi connectivity index (χ2v) is 4.54. The molecule has 0 aliphatic carbocycles. The molecule has 0 fully saturated rings. The van der Waals surface area contributed by atoms with E-state index in [-0.39, 0.29) is 12.4 Å². The van der Waals surface area contributed by atoms with Gasteiger partial charge in [-0.3, -0.25) is 0 Å². The summed E-state index contributed by atoms with van der Waals surface area (Å²) in [4.78, 5) is 0. The molecule has 0 amide bonds. The predicted octanol–water partition coefficient (Wildman–Crippen LogP) is 4.45. The number of halogens is 4. The SMILES string of the molecule is Fc1cc(OCc2cccc(Br)c2)cc(F)c1F. The molecule has 0 radical (unpaired) electrons. The third-order valence-corrected chi connectivity index (χ3v) is 2.75. The van der Waals surface area contributed by atoms with E-state index in [1.54, 1.807) is 6.07 Å². The second kappa shape index (κ2) is 5.44. The zero-order valence-corrected chi connectivity index (χ0v) is 10.7. The molecule has 0 atom stereocenters. The molecule has 0 saturated heterocycles. The van der Waals surface area contributed by atoms with Crippen LogP contribution in [0.15, 0.2) is 40.9 Å². The number of ether oxygens (including phenoxy) is 1. The van der Waals surface area contributed by atoms with Crippen LogP contribution in [0.1, 0.15) is 5.56 Å². The molecule has 0 aromatic heterocycles. The van der Waals surface area contributed by atoms with Gasteiger partial charge in [-0.25, -0.2) is 13.2 Å². The summed E-state index contributed by atoms with van der Waals surface area (Å²) >= 11 is 3.30. The summed E-state index contributed by atoms with van der Waals surface area (Å²) in [6.07, 6.45) is 0. The number of hydrogen-bond donors (Lipinski definition) is 0. The van der Waals surface area contributed by atoms with E-state index >= 15 is 0 Å². The summed E-state index contributed by atoms with van der Waals surface area (Å²) in [6.45, 7) is 0.143. The van der Waals surface area contributed by atoms with E-state index in [2.05, 4.69) is 15.9 Å². The molecule has 2 aromatic carbocycles. The van der Waals surface area contributed by atoms with Crippen molar-refractivity contribution in [1.82, 2.24) is 0 Å². The first kappa shape index (κ1) is 13.0. The van der Waals surface area contributed by atoms with E-state index in [1.807, 2.05) is 18.2 Å². The Balaban J connectivity index is 2.11. The summed E-state index contributed by atoms with van der Waals surface area (Å²) in [5.74, 6) is -4.07. The van der Waals surface area contributed by atoms with E-state index in [0.717, 1.165) is 22.2 Å². The zero-order valence-electron chi connectivity index (χ0n) is 9.09. The molecule has 0 unspecified atom stereocenters. The fraction of sp³-hybridized carbons (Fsp3) is 0.0769. The Morgan fingerprint density at radius 1 is 1.00 bits per heavy atom. The van der Waals surface area contributed by atoms with Crippen LogP contribution in [0.5, 0.6) is 5.75 Å². The molecule has 0 spiro atoms.